The Bertz CT molecular complexity index is 458. The highest BCUT2D eigenvalue weighted by molar-refractivity contribution is 6.30. The number of hydrogen-bond donors (Lipinski definition) is 2. The predicted molar refractivity (Wildman–Crippen MR) is 73.1 cm³/mol. The average molecular weight is 307 g/mol. The monoisotopic (exact) mass is 306 g/mol. The van der Waals surface area contributed by atoms with Crippen molar-refractivity contribution in [1.82, 2.24) is 5.43 Å². The van der Waals surface area contributed by atoms with Crippen molar-refractivity contribution in [2.45, 2.75) is 44.1 Å². The van der Waals surface area contributed by atoms with Crippen molar-refractivity contribution in [1.29, 1.82) is 0 Å². The quantitative estimate of drug-likeness (QED) is 0.658. The van der Waals surface area contributed by atoms with E-state index in [1.807, 2.05) is 0 Å². The van der Waals surface area contributed by atoms with Crippen molar-refractivity contribution < 1.29 is 13.2 Å². The van der Waals surface area contributed by atoms with Crippen molar-refractivity contribution in [2.24, 2.45) is 11.8 Å². The van der Waals surface area contributed by atoms with Crippen molar-refractivity contribution >= 4 is 11.6 Å². The van der Waals surface area contributed by atoms with Crippen LogP contribution >= 0.6 is 11.6 Å². The van der Waals surface area contributed by atoms with E-state index in [0.717, 1.165) is 5.56 Å². The lowest BCUT2D eigenvalue weighted by Gasteiger charge is -2.33. The molecule has 1 aromatic carbocycles. The van der Waals surface area contributed by atoms with Crippen LogP contribution in [0.15, 0.2) is 18.2 Å². The first-order valence-electron chi connectivity index (χ1n) is 6.69. The summed E-state index contributed by atoms with van der Waals surface area (Å²) < 4.78 is 39.4. The SMILES string of the molecule is NNC(Cc1ccc(F)c(Cl)c1)C1CCC(F)(F)CC1. The van der Waals surface area contributed by atoms with Crippen LogP contribution in [0.4, 0.5) is 13.2 Å². The summed E-state index contributed by atoms with van der Waals surface area (Å²) in [6, 6.07) is 4.40. The molecule has 1 unspecified atom stereocenters. The summed E-state index contributed by atoms with van der Waals surface area (Å²) in [5, 5.41) is 0.0634. The minimum Gasteiger partial charge on any atom is -0.271 e. The van der Waals surface area contributed by atoms with Crippen LogP contribution in [0, 0.1) is 11.7 Å². The van der Waals surface area contributed by atoms with Gasteiger partial charge in [-0.1, -0.05) is 17.7 Å². The number of hydrazine groups is 1. The van der Waals surface area contributed by atoms with Crippen LogP contribution < -0.4 is 11.3 Å². The fourth-order valence-corrected chi connectivity index (χ4v) is 2.95. The van der Waals surface area contributed by atoms with Crippen molar-refractivity contribution in [3.8, 4) is 0 Å². The third-order valence-electron chi connectivity index (χ3n) is 3.98. The molecule has 112 valence electrons. The number of benzene rings is 1. The van der Waals surface area contributed by atoms with E-state index in [1.54, 1.807) is 12.1 Å². The highest BCUT2D eigenvalue weighted by atomic mass is 35.5. The van der Waals surface area contributed by atoms with Gasteiger partial charge in [-0.2, -0.15) is 0 Å². The molecule has 6 heteroatoms. The molecular weight excluding hydrogens is 289 g/mol. The molecule has 0 heterocycles. The molecule has 0 radical (unpaired) electrons. The summed E-state index contributed by atoms with van der Waals surface area (Å²) in [7, 11) is 0. The molecule has 0 amide bonds. The molecule has 2 rings (SSSR count). The van der Waals surface area contributed by atoms with Crippen molar-refractivity contribution in [3.05, 3.63) is 34.6 Å². The largest absolute Gasteiger partial charge is 0.271 e. The maximum Gasteiger partial charge on any atom is 0.248 e. The van der Waals surface area contributed by atoms with E-state index >= 15 is 0 Å². The zero-order chi connectivity index (χ0) is 14.8. The summed E-state index contributed by atoms with van der Waals surface area (Å²) in [6.45, 7) is 0. The Morgan fingerprint density at radius 1 is 1.35 bits per heavy atom. The molecule has 1 saturated carbocycles. The highest BCUT2D eigenvalue weighted by Gasteiger charge is 2.37. The van der Waals surface area contributed by atoms with Gasteiger partial charge in [0.2, 0.25) is 5.92 Å². The Balaban J connectivity index is 2.00. The van der Waals surface area contributed by atoms with E-state index in [4.69, 9.17) is 17.4 Å². The first-order chi connectivity index (χ1) is 9.41. The fraction of sp³-hybridized carbons (Fsp3) is 0.571. The number of hydrogen-bond acceptors (Lipinski definition) is 2. The molecular formula is C14H18ClF3N2. The Labute approximate surface area is 121 Å². The molecule has 20 heavy (non-hydrogen) atoms. The third kappa shape index (κ3) is 3.87. The summed E-state index contributed by atoms with van der Waals surface area (Å²) in [6.07, 6.45) is 1.24. The van der Waals surface area contributed by atoms with Crippen LogP contribution in [0.3, 0.4) is 0 Å². The molecule has 0 spiro atoms. The van der Waals surface area contributed by atoms with Gasteiger partial charge in [-0.3, -0.25) is 11.3 Å². The van der Waals surface area contributed by atoms with Gasteiger partial charge in [0.15, 0.2) is 0 Å². The van der Waals surface area contributed by atoms with E-state index in [0.29, 0.717) is 19.3 Å². The highest BCUT2D eigenvalue weighted by Crippen LogP contribution is 2.38. The molecule has 1 aromatic rings. The van der Waals surface area contributed by atoms with Crippen LogP contribution in [0.1, 0.15) is 31.2 Å². The third-order valence-corrected chi connectivity index (χ3v) is 4.27. The lowest BCUT2D eigenvalue weighted by atomic mass is 9.80. The number of nitrogens with two attached hydrogens (primary N) is 1. The van der Waals surface area contributed by atoms with E-state index in [-0.39, 0.29) is 29.8 Å². The van der Waals surface area contributed by atoms with Crippen molar-refractivity contribution in [2.75, 3.05) is 0 Å². The predicted octanol–water partition coefficient (Wildman–Crippen LogP) is 3.68. The lowest BCUT2D eigenvalue weighted by molar-refractivity contribution is -0.0495. The second-order valence-electron chi connectivity index (χ2n) is 5.42. The first-order valence-corrected chi connectivity index (χ1v) is 7.07. The molecule has 0 bridgehead atoms. The molecule has 1 atom stereocenters. The maximum absolute atomic E-state index is 13.2. The lowest BCUT2D eigenvalue weighted by Crippen LogP contribution is -2.44. The van der Waals surface area contributed by atoms with Crippen molar-refractivity contribution in [3.63, 3.8) is 0 Å². The van der Waals surface area contributed by atoms with Crippen LogP contribution in [0.2, 0.25) is 5.02 Å². The molecule has 1 fully saturated rings. The summed E-state index contributed by atoms with van der Waals surface area (Å²) >= 11 is 5.74. The zero-order valence-electron chi connectivity index (χ0n) is 11.0. The molecule has 3 N–H and O–H groups in total. The van der Waals surface area contributed by atoms with Gasteiger partial charge in [0, 0.05) is 18.9 Å². The zero-order valence-corrected chi connectivity index (χ0v) is 11.8. The van der Waals surface area contributed by atoms with E-state index in [9.17, 15) is 13.2 Å². The average Bonchev–Trinajstić information content (AvgIpc) is 2.40. The standard InChI is InChI=1S/C14H18ClF3N2/c15-11-7-9(1-2-12(11)16)8-13(20-19)10-3-5-14(17,18)6-4-10/h1-2,7,10,13,20H,3-6,8,19H2. The van der Waals surface area contributed by atoms with Gasteiger partial charge in [0.05, 0.1) is 5.02 Å². The fourth-order valence-electron chi connectivity index (χ4n) is 2.75. The normalized spacial score (nSPS) is 20.9. The second kappa shape index (κ2) is 6.33. The van der Waals surface area contributed by atoms with Crippen LogP contribution in [-0.4, -0.2) is 12.0 Å². The maximum atomic E-state index is 13.2. The number of alkyl halides is 2. The number of halogens is 4. The van der Waals surface area contributed by atoms with Gasteiger partial charge in [-0.25, -0.2) is 13.2 Å². The number of rotatable bonds is 4. The molecule has 2 nitrogen and oxygen atoms in total. The van der Waals surface area contributed by atoms with Crippen LogP contribution in [0.25, 0.3) is 0 Å². The van der Waals surface area contributed by atoms with Gasteiger partial charge in [0.25, 0.3) is 0 Å². The van der Waals surface area contributed by atoms with Gasteiger partial charge in [0.1, 0.15) is 5.82 Å². The Morgan fingerprint density at radius 3 is 2.55 bits per heavy atom. The Morgan fingerprint density at radius 2 is 2.00 bits per heavy atom. The summed E-state index contributed by atoms with van der Waals surface area (Å²) in [5.74, 6) is 2.63. The topological polar surface area (TPSA) is 38.0 Å². The Kier molecular flexibility index (Phi) is 4.94. The Hall–Kier alpha value is -0.780. The first kappa shape index (κ1) is 15.6. The molecule has 0 aliphatic heterocycles. The summed E-state index contributed by atoms with van der Waals surface area (Å²) in [4.78, 5) is 0. The van der Waals surface area contributed by atoms with Gasteiger partial charge in [-0.05, 0) is 42.9 Å². The molecule has 0 aromatic heterocycles. The second-order valence-corrected chi connectivity index (χ2v) is 5.83. The van der Waals surface area contributed by atoms with Crippen LogP contribution in [0.5, 0.6) is 0 Å². The summed E-state index contributed by atoms with van der Waals surface area (Å²) in [5.41, 5.74) is 3.54. The molecule has 1 aliphatic rings. The van der Waals surface area contributed by atoms with Crippen LogP contribution in [-0.2, 0) is 6.42 Å². The van der Waals surface area contributed by atoms with E-state index in [1.165, 1.54) is 6.07 Å². The smallest absolute Gasteiger partial charge is 0.248 e. The minimum atomic E-state index is -2.55. The van der Waals surface area contributed by atoms with Gasteiger partial charge < -0.3 is 0 Å². The number of nitrogens with one attached hydrogen (secondary N) is 1. The molecule has 1 aliphatic carbocycles. The van der Waals surface area contributed by atoms with Gasteiger partial charge in [-0.15, -0.1) is 0 Å². The minimum absolute atomic E-state index is 0.0634. The van der Waals surface area contributed by atoms with E-state index < -0.39 is 11.7 Å². The van der Waals surface area contributed by atoms with E-state index in [2.05, 4.69) is 5.43 Å². The molecule has 0 saturated heterocycles. The van der Waals surface area contributed by atoms with Gasteiger partial charge >= 0.3 is 0 Å².